The Kier molecular flexibility index (Phi) is 4.39. The molecule has 0 N–H and O–H groups in total. The van der Waals surface area contributed by atoms with Gasteiger partial charge in [0.25, 0.3) is 0 Å². The molecular weight excluding hydrogens is 488 g/mol. The van der Waals surface area contributed by atoms with Crippen LogP contribution < -0.4 is 4.74 Å². The van der Waals surface area contributed by atoms with Gasteiger partial charge in [0.1, 0.15) is 0 Å². The molecule has 0 bridgehead atoms. The first-order chi connectivity index (χ1) is 19.8. The third-order valence-corrected chi connectivity index (χ3v) is 8.35. The van der Waals surface area contributed by atoms with Crippen molar-refractivity contribution >= 4 is 43.6 Å². The number of aromatic nitrogens is 2. The highest BCUT2D eigenvalue weighted by Gasteiger charge is 2.24. The van der Waals surface area contributed by atoms with Gasteiger partial charge in [0.2, 0.25) is 0 Å². The zero-order chi connectivity index (χ0) is 26.2. The number of nitrogens with zero attached hydrogens (tertiary/aromatic N) is 2. The number of hydrogen-bond donors (Lipinski definition) is 0. The molecule has 2 aliphatic rings. The molecule has 3 heterocycles. The molecule has 2 aromatic heterocycles. The summed E-state index contributed by atoms with van der Waals surface area (Å²) in [5, 5.41) is 4.97. The Hall–Kier alpha value is -5.28. The summed E-state index contributed by atoms with van der Waals surface area (Å²) in [5.41, 5.74) is 8.22. The molecule has 3 heteroatoms. The van der Waals surface area contributed by atoms with Crippen molar-refractivity contribution in [3.05, 3.63) is 140 Å². The fourth-order valence-electron chi connectivity index (χ4n) is 6.63. The molecular formula is C37H24N2O. The highest BCUT2D eigenvalue weighted by Crippen LogP contribution is 2.47. The van der Waals surface area contributed by atoms with Crippen LogP contribution in [0, 0.1) is 0 Å². The fourth-order valence-corrected chi connectivity index (χ4v) is 6.63. The van der Waals surface area contributed by atoms with Gasteiger partial charge < -0.3 is 13.9 Å². The number of fused-ring (bicyclic) bond motifs is 8. The summed E-state index contributed by atoms with van der Waals surface area (Å²) in [6, 6.07) is 37.3. The quantitative estimate of drug-likeness (QED) is 0.225. The highest BCUT2D eigenvalue weighted by molar-refractivity contribution is 6.14. The standard InChI is InChI=1S/C37H24N2O/c1-2-4-12-26(11-3-1)38-31-15-7-5-13-27(31)29-21-24(19-20-33(29)38)25-22-30-28-14-6-8-16-32(28)39-34-17-9-10-18-35(34)40-36(23-25)37(30)39/h1-23,26H. The third-order valence-electron chi connectivity index (χ3n) is 8.35. The first kappa shape index (κ1) is 21.6. The minimum Gasteiger partial charge on any atom is -0.453 e. The van der Waals surface area contributed by atoms with E-state index in [9.17, 15) is 0 Å². The van der Waals surface area contributed by atoms with Crippen molar-refractivity contribution in [2.24, 2.45) is 0 Å². The molecule has 0 atom stereocenters. The number of allylic oxidation sites excluding steroid dienone is 6. The zero-order valence-corrected chi connectivity index (χ0v) is 21.7. The summed E-state index contributed by atoms with van der Waals surface area (Å²) < 4.78 is 11.3. The molecule has 7 aromatic rings. The SMILES string of the molecule is C1=CC=CC(n2c3ccccc3c3cc(-c4cc5c6c(c4)c4ccccc4n6-c4ccccc4O5)ccc32)C=C1. The van der Waals surface area contributed by atoms with Crippen LogP contribution in [0.4, 0.5) is 0 Å². The lowest BCUT2D eigenvalue weighted by atomic mass is 9.99. The number of ether oxygens (including phenoxy) is 1. The van der Waals surface area contributed by atoms with Crippen molar-refractivity contribution < 1.29 is 4.74 Å². The maximum atomic E-state index is 6.55. The minimum absolute atomic E-state index is 0.156. The Morgan fingerprint density at radius 2 is 1.18 bits per heavy atom. The second kappa shape index (κ2) is 8.11. The van der Waals surface area contributed by atoms with Crippen LogP contribution in [0.5, 0.6) is 11.5 Å². The van der Waals surface area contributed by atoms with E-state index in [0.717, 1.165) is 28.3 Å². The van der Waals surface area contributed by atoms with E-state index >= 15 is 0 Å². The molecule has 0 spiro atoms. The van der Waals surface area contributed by atoms with Gasteiger partial charge >= 0.3 is 0 Å². The average molecular weight is 513 g/mol. The van der Waals surface area contributed by atoms with Crippen molar-refractivity contribution in [3.63, 3.8) is 0 Å². The summed E-state index contributed by atoms with van der Waals surface area (Å²) in [6.07, 6.45) is 12.9. The first-order valence-electron chi connectivity index (χ1n) is 13.7. The molecule has 0 fully saturated rings. The molecule has 0 saturated heterocycles. The Labute approximate surface area is 231 Å². The lowest BCUT2D eigenvalue weighted by molar-refractivity contribution is 0.476. The Morgan fingerprint density at radius 3 is 2.02 bits per heavy atom. The molecule has 3 nitrogen and oxygen atoms in total. The van der Waals surface area contributed by atoms with E-state index in [-0.39, 0.29) is 6.04 Å². The van der Waals surface area contributed by atoms with E-state index in [0.29, 0.717) is 0 Å². The van der Waals surface area contributed by atoms with Gasteiger partial charge in [-0.3, -0.25) is 0 Å². The van der Waals surface area contributed by atoms with Gasteiger partial charge in [-0.05, 0) is 59.7 Å². The van der Waals surface area contributed by atoms with Crippen LogP contribution in [0.15, 0.2) is 140 Å². The molecule has 0 radical (unpaired) electrons. The maximum absolute atomic E-state index is 6.55. The monoisotopic (exact) mass is 512 g/mol. The summed E-state index contributed by atoms with van der Waals surface area (Å²) in [4.78, 5) is 0. The highest BCUT2D eigenvalue weighted by atomic mass is 16.5. The molecule has 1 aliphatic heterocycles. The second-order valence-electron chi connectivity index (χ2n) is 10.6. The smallest absolute Gasteiger partial charge is 0.152 e. The van der Waals surface area contributed by atoms with Crippen molar-refractivity contribution in [1.82, 2.24) is 9.13 Å². The topological polar surface area (TPSA) is 19.1 Å². The molecule has 0 amide bonds. The van der Waals surface area contributed by atoms with Crippen molar-refractivity contribution in [2.75, 3.05) is 0 Å². The second-order valence-corrected chi connectivity index (χ2v) is 10.6. The largest absolute Gasteiger partial charge is 0.453 e. The van der Waals surface area contributed by atoms with Crippen LogP contribution in [0.25, 0.3) is 60.4 Å². The van der Waals surface area contributed by atoms with Gasteiger partial charge in [0.05, 0.1) is 22.8 Å². The molecule has 40 heavy (non-hydrogen) atoms. The van der Waals surface area contributed by atoms with Crippen molar-refractivity contribution in [1.29, 1.82) is 0 Å². The van der Waals surface area contributed by atoms with Gasteiger partial charge in [-0.1, -0.05) is 91.1 Å². The minimum atomic E-state index is 0.156. The predicted octanol–water partition coefficient (Wildman–Crippen LogP) is 9.89. The lowest BCUT2D eigenvalue weighted by Gasteiger charge is -2.21. The molecule has 0 unspecified atom stereocenters. The van der Waals surface area contributed by atoms with Crippen molar-refractivity contribution in [2.45, 2.75) is 6.04 Å². The van der Waals surface area contributed by atoms with Gasteiger partial charge in [0, 0.05) is 32.6 Å². The maximum Gasteiger partial charge on any atom is 0.152 e. The Balaban J connectivity index is 1.30. The lowest BCUT2D eigenvalue weighted by Crippen LogP contribution is -2.04. The number of rotatable bonds is 2. The molecule has 188 valence electrons. The fraction of sp³-hybridized carbons (Fsp3) is 0.0270. The number of para-hydroxylation sites is 4. The van der Waals surface area contributed by atoms with Gasteiger partial charge in [-0.2, -0.15) is 0 Å². The average Bonchev–Trinajstić information content (AvgIpc) is 3.37. The van der Waals surface area contributed by atoms with Crippen LogP contribution in [-0.4, -0.2) is 9.13 Å². The molecule has 1 aliphatic carbocycles. The summed E-state index contributed by atoms with van der Waals surface area (Å²) in [7, 11) is 0. The van der Waals surface area contributed by atoms with Gasteiger partial charge in [-0.25, -0.2) is 0 Å². The summed E-state index contributed by atoms with van der Waals surface area (Å²) in [5.74, 6) is 1.78. The van der Waals surface area contributed by atoms with Crippen molar-refractivity contribution in [3.8, 4) is 28.3 Å². The summed E-state index contributed by atoms with van der Waals surface area (Å²) in [6.45, 7) is 0. The van der Waals surface area contributed by atoms with Crippen LogP contribution in [-0.2, 0) is 0 Å². The van der Waals surface area contributed by atoms with E-state index in [1.54, 1.807) is 0 Å². The molecule has 5 aromatic carbocycles. The molecule has 0 saturated carbocycles. The van der Waals surface area contributed by atoms with E-state index in [1.165, 1.54) is 43.7 Å². The van der Waals surface area contributed by atoms with E-state index in [1.807, 2.05) is 6.07 Å². The third kappa shape index (κ3) is 2.95. The van der Waals surface area contributed by atoms with Crippen LogP contribution in [0.1, 0.15) is 6.04 Å². The van der Waals surface area contributed by atoms with Gasteiger partial charge in [-0.15, -0.1) is 0 Å². The van der Waals surface area contributed by atoms with Gasteiger partial charge in [0.15, 0.2) is 11.5 Å². The van der Waals surface area contributed by atoms with E-state index in [2.05, 4.69) is 143 Å². The summed E-state index contributed by atoms with van der Waals surface area (Å²) >= 11 is 0. The van der Waals surface area contributed by atoms with E-state index in [4.69, 9.17) is 4.74 Å². The Morgan fingerprint density at radius 1 is 0.500 bits per heavy atom. The molecule has 9 rings (SSSR count). The number of benzene rings is 5. The number of hydrogen-bond acceptors (Lipinski definition) is 1. The normalized spacial score (nSPS) is 14.3. The van der Waals surface area contributed by atoms with Crippen LogP contribution in [0.2, 0.25) is 0 Å². The zero-order valence-electron chi connectivity index (χ0n) is 21.7. The van der Waals surface area contributed by atoms with Crippen LogP contribution in [0.3, 0.4) is 0 Å². The Bertz CT molecular complexity index is 2240. The van der Waals surface area contributed by atoms with E-state index < -0.39 is 0 Å². The first-order valence-corrected chi connectivity index (χ1v) is 13.7. The van der Waals surface area contributed by atoms with Crippen LogP contribution >= 0.6 is 0 Å². The predicted molar refractivity (Wildman–Crippen MR) is 166 cm³/mol.